The number of nitrogens with zero attached hydrogens (tertiary/aromatic N) is 2. The Morgan fingerprint density at radius 1 is 1.40 bits per heavy atom. The van der Waals surface area contributed by atoms with Crippen LogP contribution >= 0.6 is 15.9 Å². The smallest absolute Gasteiger partial charge is 0.133 e. The third-order valence-electron chi connectivity index (χ3n) is 3.43. The maximum atomic E-state index is 4.46. The van der Waals surface area contributed by atoms with E-state index in [0.717, 1.165) is 10.6 Å². The minimum atomic E-state index is 0.532. The van der Waals surface area contributed by atoms with E-state index >= 15 is 0 Å². The Bertz CT molecular complexity index is 381. The predicted octanol–water partition coefficient (Wildman–Crippen LogP) is 2.31. The van der Waals surface area contributed by atoms with Gasteiger partial charge in [0.2, 0.25) is 0 Å². The molecule has 15 heavy (non-hydrogen) atoms. The summed E-state index contributed by atoms with van der Waals surface area (Å²) in [6.45, 7) is 0. The number of rotatable bonds is 2. The molecule has 0 aromatic carbocycles. The molecule has 1 N–H and O–H groups in total. The van der Waals surface area contributed by atoms with E-state index in [-0.39, 0.29) is 0 Å². The van der Waals surface area contributed by atoms with Crippen LogP contribution in [-0.4, -0.2) is 15.8 Å². The SMILES string of the molecule is Cn1nc(Br)c2c1CCCC2NC1CC1. The highest BCUT2D eigenvalue weighted by atomic mass is 79.9. The quantitative estimate of drug-likeness (QED) is 0.893. The van der Waals surface area contributed by atoms with Crippen molar-refractivity contribution in [3.8, 4) is 0 Å². The van der Waals surface area contributed by atoms with Gasteiger partial charge in [0.15, 0.2) is 0 Å². The highest BCUT2D eigenvalue weighted by Crippen LogP contribution is 2.36. The van der Waals surface area contributed by atoms with Gasteiger partial charge in [-0.2, -0.15) is 5.10 Å². The van der Waals surface area contributed by atoms with Gasteiger partial charge in [-0.15, -0.1) is 0 Å². The largest absolute Gasteiger partial charge is 0.307 e. The molecule has 0 radical (unpaired) electrons. The molecule has 1 aromatic rings. The second-order valence-electron chi connectivity index (χ2n) is 4.66. The molecule has 1 aromatic heterocycles. The Morgan fingerprint density at radius 3 is 2.93 bits per heavy atom. The van der Waals surface area contributed by atoms with Gasteiger partial charge in [-0.25, -0.2) is 0 Å². The first-order valence-electron chi connectivity index (χ1n) is 5.73. The molecule has 0 saturated heterocycles. The molecule has 1 saturated carbocycles. The van der Waals surface area contributed by atoms with E-state index < -0.39 is 0 Å². The number of aromatic nitrogens is 2. The van der Waals surface area contributed by atoms with Crippen LogP contribution in [0.15, 0.2) is 4.60 Å². The fourth-order valence-corrected chi connectivity index (χ4v) is 3.24. The number of fused-ring (bicyclic) bond motifs is 1. The fourth-order valence-electron chi connectivity index (χ4n) is 2.50. The Labute approximate surface area is 98.4 Å². The van der Waals surface area contributed by atoms with Crippen molar-refractivity contribution in [2.75, 3.05) is 0 Å². The standard InChI is InChI=1S/C11H16BrN3/c1-15-9-4-2-3-8(13-7-5-6-7)10(9)11(12)14-15/h7-8,13H,2-6H2,1H3. The molecule has 3 nitrogen and oxygen atoms in total. The summed E-state index contributed by atoms with van der Waals surface area (Å²) in [7, 11) is 2.04. The molecular weight excluding hydrogens is 254 g/mol. The molecule has 0 amide bonds. The molecule has 1 unspecified atom stereocenters. The third-order valence-corrected chi connectivity index (χ3v) is 4.02. The topological polar surface area (TPSA) is 29.9 Å². The number of halogens is 1. The van der Waals surface area contributed by atoms with Crippen LogP contribution in [0.4, 0.5) is 0 Å². The van der Waals surface area contributed by atoms with Crippen LogP contribution in [0.1, 0.15) is 43.0 Å². The van der Waals surface area contributed by atoms with Crippen molar-refractivity contribution in [3.05, 3.63) is 15.9 Å². The summed E-state index contributed by atoms with van der Waals surface area (Å²) < 4.78 is 3.07. The lowest BCUT2D eigenvalue weighted by atomic mass is 9.93. The van der Waals surface area contributed by atoms with Crippen LogP contribution in [0.25, 0.3) is 0 Å². The monoisotopic (exact) mass is 269 g/mol. The van der Waals surface area contributed by atoms with E-state index in [4.69, 9.17) is 0 Å². The maximum Gasteiger partial charge on any atom is 0.133 e. The van der Waals surface area contributed by atoms with E-state index in [0.29, 0.717) is 6.04 Å². The molecule has 4 heteroatoms. The van der Waals surface area contributed by atoms with Crippen molar-refractivity contribution < 1.29 is 0 Å². The van der Waals surface area contributed by atoms with Gasteiger partial charge < -0.3 is 5.32 Å². The molecule has 2 aliphatic rings. The van der Waals surface area contributed by atoms with Gasteiger partial charge in [-0.05, 0) is 48.0 Å². The zero-order valence-corrected chi connectivity index (χ0v) is 10.5. The van der Waals surface area contributed by atoms with E-state index in [2.05, 4.69) is 26.3 Å². The normalized spacial score (nSPS) is 25.3. The molecule has 82 valence electrons. The van der Waals surface area contributed by atoms with E-state index in [9.17, 15) is 0 Å². The maximum absolute atomic E-state index is 4.46. The van der Waals surface area contributed by atoms with Crippen molar-refractivity contribution in [2.45, 2.75) is 44.2 Å². The van der Waals surface area contributed by atoms with Gasteiger partial charge in [0.1, 0.15) is 4.60 Å². The van der Waals surface area contributed by atoms with Gasteiger partial charge in [-0.1, -0.05) is 0 Å². The van der Waals surface area contributed by atoms with E-state index in [1.165, 1.54) is 43.4 Å². The highest BCUT2D eigenvalue weighted by Gasteiger charge is 2.31. The summed E-state index contributed by atoms with van der Waals surface area (Å²) in [4.78, 5) is 0. The molecule has 2 aliphatic carbocycles. The molecule has 0 spiro atoms. The average molecular weight is 270 g/mol. The van der Waals surface area contributed by atoms with Crippen LogP contribution in [0.5, 0.6) is 0 Å². The van der Waals surface area contributed by atoms with Crippen molar-refractivity contribution in [1.29, 1.82) is 0 Å². The van der Waals surface area contributed by atoms with Crippen LogP contribution in [0.2, 0.25) is 0 Å². The second kappa shape index (κ2) is 3.59. The van der Waals surface area contributed by atoms with Crippen molar-refractivity contribution in [2.24, 2.45) is 7.05 Å². The minimum absolute atomic E-state index is 0.532. The molecule has 0 bridgehead atoms. The lowest BCUT2D eigenvalue weighted by Crippen LogP contribution is -2.27. The zero-order chi connectivity index (χ0) is 10.4. The van der Waals surface area contributed by atoms with Crippen molar-refractivity contribution >= 4 is 15.9 Å². The van der Waals surface area contributed by atoms with Crippen LogP contribution in [0.3, 0.4) is 0 Å². The Kier molecular flexibility index (Phi) is 2.36. The highest BCUT2D eigenvalue weighted by molar-refractivity contribution is 9.10. The molecule has 1 heterocycles. The first kappa shape index (κ1) is 9.85. The predicted molar refractivity (Wildman–Crippen MR) is 62.7 cm³/mol. The van der Waals surface area contributed by atoms with E-state index in [1.54, 1.807) is 0 Å². The van der Waals surface area contributed by atoms with Crippen molar-refractivity contribution in [3.63, 3.8) is 0 Å². The van der Waals surface area contributed by atoms with Gasteiger partial charge in [0.25, 0.3) is 0 Å². The van der Waals surface area contributed by atoms with Crippen molar-refractivity contribution in [1.82, 2.24) is 15.1 Å². The van der Waals surface area contributed by atoms with Crippen LogP contribution in [-0.2, 0) is 13.5 Å². The third kappa shape index (κ3) is 1.74. The fraction of sp³-hybridized carbons (Fsp3) is 0.727. The van der Waals surface area contributed by atoms with Gasteiger partial charge in [0.05, 0.1) is 0 Å². The number of hydrogen-bond donors (Lipinski definition) is 1. The van der Waals surface area contributed by atoms with Gasteiger partial charge >= 0.3 is 0 Å². The average Bonchev–Trinajstić information content (AvgIpc) is 2.96. The summed E-state index contributed by atoms with van der Waals surface area (Å²) in [5.41, 5.74) is 2.82. The first-order chi connectivity index (χ1) is 7.25. The number of nitrogens with one attached hydrogen (secondary N) is 1. The summed E-state index contributed by atoms with van der Waals surface area (Å²) in [6, 6.07) is 1.30. The summed E-state index contributed by atoms with van der Waals surface area (Å²) in [5, 5.41) is 8.18. The molecular formula is C11H16BrN3. The Balaban J connectivity index is 1.93. The zero-order valence-electron chi connectivity index (χ0n) is 8.96. The summed E-state index contributed by atoms with van der Waals surface area (Å²) in [5.74, 6) is 0. The Hall–Kier alpha value is -0.350. The Morgan fingerprint density at radius 2 is 2.20 bits per heavy atom. The minimum Gasteiger partial charge on any atom is -0.307 e. The molecule has 3 rings (SSSR count). The van der Waals surface area contributed by atoms with Crippen LogP contribution in [0, 0.1) is 0 Å². The molecule has 0 aliphatic heterocycles. The number of hydrogen-bond acceptors (Lipinski definition) is 2. The summed E-state index contributed by atoms with van der Waals surface area (Å²) >= 11 is 3.58. The molecule has 1 fully saturated rings. The summed E-state index contributed by atoms with van der Waals surface area (Å²) in [6.07, 6.45) is 6.41. The lowest BCUT2D eigenvalue weighted by Gasteiger charge is -2.24. The molecule has 1 atom stereocenters. The van der Waals surface area contributed by atoms with Gasteiger partial charge in [0, 0.05) is 30.4 Å². The van der Waals surface area contributed by atoms with E-state index in [1.807, 2.05) is 11.7 Å². The number of aryl methyl sites for hydroxylation is 1. The second-order valence-corrected chi connectivity index (χ2v) is 5.41. The van der Waals surface area contributed by atoms with Gasteiger partial charge in [-0.3, -0.25) is 4.68 Å². The lowest BCUT2D eigenvalue weighted by molar-refractivity contribution is 0.449. The van der Waals surface area contributed by atoms with Crippen LogP contribution < -0.4 is 5.32 Å². The first-order valence-corrected chi connectivity index (χ1v) is 6.52.